The topological polar surface area (TPSA) is 29.5 Å². The van der Waals surface area contributed by atoms with E-state index < -0.39 is 6.10 Å². The van der Waals surface area contributed by atoms with Crippen LogP contribution in [0.4, 0.5) is 0 Å². The molecule has 0 spiro atoms. The fourth-order valence-corrected chi connectivity index (χ4v) is 2.41. The number of rotatable bonds is 3. The Morgan fingerprint density at radius 1 is 1.16 bits per heavy atom. The summed E-state index contributed by atoms with van der Waals surface area (Å²) >= 11 is 0. The summed E-state index contributed by atoms with van der Waals surface area (Å²) in [6.07, 6.45) is 3.06. The summed E-state index contributed by atoms with van der Waals surface area (Å²) in [5.74, 6) is 0.888. The van der Waals surface area contributed by atoms with Crippen LogP contribution in [0.2, 0.25) is 0 Å². The van der Waals surface area contributed by atoms with Gasteiger partial charge in [-0.1, -0.05) is 6.07 Å². The molecule has 1 aromatic rings. The van der Waals surface area contributed by atoms with E-state index in [0.29, 0.717) is 0 Å². The quantitative estimate of drug-likeness (QED) is 0.837. The summed E-state index contributed by atoms with van der Waals surface area (Å²) in [7, 11) is 0. The third kappa shape index (κ3) is 3.49. The molecule has 1 heterocycles. The number of piperidine rings is 1. The van der Waals surface area contributed by atoms with E-state index in [0.717, 1.165) is 31.7 Å². The van der Waals surface area contributed by atoms with Crippen molar-refractivity contribution in [2.24, 2.45) is 0 Å². The molecule has 104 valence electrons. The summed E-state index contributed by atoms with van der Waals surface area (Å²) in [4.78, 5) is 14.2. The second-order valence-corrected chi connectivity index (χ2v) is 5.39. The van der Waals surface area contributed by atoms with Crippen molar-refractivity contribution in [2.45, 2.75) is 46.1 Å². The molecule has 3 heteroatoms. The highest BCUT2D eigenvalue weighted by Crippen LogP contribution is 2.19. The lowest BCUT2D eigenvalue weighted by atomic mass is 10.1. The Hall–Kier alpha value is -1.51. The van der Waals surface area contributed by atoms with Crippen molar-refractivity contribution in [3.8, 4) is 5.75 Å². The van der Waals surface area contributed by atoms with Gasteiger partial charge in [-0.05, 0) is 63.3 Å². The van der Waals surface area contributed by atoms with Crippen LogP contribution in [-0.2, 0) is 4.79 Å². The summed E-state index contributed by atoms with van der Waals surface area (Å²) in [5, 5.41) is 0. The van der Waals surface area contributed by atoms with Crippen molar-refractivity contribution in [3.05, 3.63) is 29.3 Å². The first-order valence-corrected chi connectivity index (χ1v) is 7.10. The molecule has 0 aliphatic carbocycles. The molecule has 2 rings (SSSR count). The van der Waals surface area contributed by atoms with E-state index in [-0.39, 0.29) is 5.91 Å². The lowest BCUT2D eigenvalue weighted by Gasteiger charge is -2.29. The third-order valence-electron chi connectivity index (χ3n) is 3.81. The Morgan fingerprint density at radius 2 is 1.84 bits per heavy atom. The minimum atomic E-state index is -0.403. The maximum atomic E-state index is 12.3. The van der Waals surface area contributed by atoms with Gasteiger partial charge in [-0.2, -0.15) is 0 Å². The van der Waals surface area contributed by atoms with Gasteiger partial charge in [0.2, 0.25) is 0 Å². The van der Waals surface area contributed by atoms with E-state index >= 15 is 0 Å². The Morgan fingerprint density at radius 3 is 2.47 bits per heavy atom. The maximum absolute atomic E-state index is 12.3. The van der Waals surface area contributed by atoms with E-state index in [1.54, 1.807) is 0 Å². The molecule has 0 aromatic heterocycles. The molecule has 1 unspecified atom stereocenters. The first-order chi connectivity index (χ1) is 9.08. The van der Waals surface area contributed by atoms with Gasteiger partial charge in [0, 0.05) is 13.1 Å². The molecule has 3 nitrogen and oxygen atoms in total. The van der Waals surface area contributed by atoms with Crippen molar-refractivity contribution >= 4 is 5.91 Å². The Labute approximate surface area is 115 Å². The van der Waals surface area contributed by atoms with Crippen molar-refractivity contribution in [1.29, 1.82) is 0 Å². The van der Waals surface area contributed by atoms with Gasteiger partial charge in [0.05, 0.1) is 0 Å². The minimum Gasteiger partial charge on any atom is -0.481 e. The van der Waals surface area contributed by atoms with E-state index in [9.17, 15) is 4.79 Å². The predicted octanol–water partition coefficient (Wildman–Crippen LogP) is 3.08. The van der Waals surface area contributed by atoms with Crippen LogP contribution in [0.25, 0.3) is 0 Å². The monoisotopic (exact) mass is 261 g/mol. The first-order valence-electron chi connectivity index (χ1n) is 7.10. The zero-order valence-electron chi connectivity index (χ0n) is 12.1. The van der Waals surface area contributed by atoms with E-state index in [4.69, 9.17) is 4.74 Å². The molecule has 0 N–H and O–H groups in total. The third-order valence-corrected chi connectivity index (χ3v) is 3.81. The summed E-state index contributed by atoms with van der Waals surface area (Å²) in [5.41, 5.74) is 2.43. The second kappa shape index (κ2) is 6.09. The molecule has 1 atom stereocenters. The molecule has 1 aromatic carbocycles. The first kappa shape index (κ1) is 13.9. The smallest absolute Gasteiger partial charge is 0.263 e. The number of carbonyl (C=O) groups excluding carboxylic acids is 1. The van der Waals surface area contributed by atoms with Crippen molar-refractivity contribution in [1.82, 2.24) is 4.90 Å². The van der Waals surface area contributed by atoms with Crippen molar-refractivity contribution in [3.63, 3.8) is 0 Å². The van der Waals surface area contributed by atoms with Crippen LogP contribution in [0.3, 0.4) is 0 Å². The second-order valence-electron chi connectivity index (χ2n) is 5.39. The van der Waals surface area contributed by atoms with Crippen LogP contribution in [-0.4, -0.2) is 30.0 Å². The van der Waals surface area contributed by atoms with Gasteiger partial charge in [-0.25, -0.2) is 0 Å². The Kier molecular flexibility index (Phi) is 4.46. The van der Waals surface area contributed by atoms with Crippen LogP contribution in [0.1, 0.15) is 37.3 Å². The number of aryl methyl sites for hydroxylation is 2. The molecule has 1 aliphatic heterocycles. The highest BCUT2D eigenvalue weighted by atomic mass is 16.5. The summed E-state index contributed by atoms with van der Waals surface area (Å²) in [6.45, 7) is 7.71. The molecule has 1 saturated heterocycles. The number of benzene rings is 1. The molecular formula is C16H23NO2. The molecular weight excluding hydrogens is 238 g/mol. The van der Waals surface area contributed by atoms with Gasteiger partial charge in [-0.3, -0.25) is 4.79 Å². The largest absolute Gasteiger partial charge is 0.481 e. The molecule has 1 amide bonds. The van der Waals surface area contributed by atoms with E-state index in [1.165, 1.54) is 17.5 Å². The maximum Gasteiger partial charge on any atom is 0.263 e. The predicted molar refractivity (Wildman–Crippen MR) is 76.4 cm³/mol. The highest BCUT2D eigenvalue weighted by Gasteiger charge is 2.23. The SMILES string of the molecule is Cc1ccc(OC(C)C(=O)N2CCCCC2)cc1C. The molecule has 0 radical (unpaired) electrons. The molecule has 1 fully saturated rings. The van der Waals surface area contributed by atoms with Gasteiger partial charge in [0.1, 0.15) is 5.75 Å². The lowest BCUT2D eigenvalue weighted by molar-refractivity contribution is -0.138. The van der Waals surface area contributed by atoms with E-state index in [1.807, 2.05) is 30.0 Å². The summed E-state index contributed by atoms with van der Waals surface area (Å²) < 4.78 is 5.77. The van der Waals surface area contributed by atoms with Gasteiger partial charge in [-0.15, -0.1) is 0 Å². The van der Waals surface area contributed by atoms with Gasteiger partial charge in [0.25, 0.3) is 5.91 Å². The number of hydrogen-bond acceptors (Lipinski definition) is 2. The Balaban J connectivity index is 1.97. The van der Waals surface area contributed by atoms with Crippen LogP contribution in [0.15, 0.2) is 18.2 Å². The number of likely N-dealkylation sites (tertiary alicyclic amines) is 1. The zero-order valence-corrected chi connectivity index (χ0v) is 12.1. The molecule has 0 saturated carbocycles. The standard InChI is InChI=1S/C16H23NO2/c1-12-7-8-15(11-13(12)2)19-14(3)16(18)17-9-5-4-6-10-17/h7-8,11,14H,4-6,9-10H2,1-3H3. The molecule has 19 heavy (non-hydrogen) atoms. The van der Waals surface area contributed by atoms with Gasteiger partial charge < -0.3 is 9.64 Å². The number of ether oxygens (including phenoxy) is 1. The average molecular weight is 261 g/mol. The van der Waals surface area contributed by atoms with Crippen LogP contribution < -0.4 is 4.74 Å². The number of nitrogens with zero attached hydrogens (tertiary/aromatic N) is 1. The lowest BCUT2D eigenvalue weighted by Crippen LogP contribution is -2.43. The number of hydrogen-bond donors (Lipinski definition) is 0. The molecule has 1 aliphatic rings. The average Bonchev–Trinajstić information content (AvgIpc) is 2.43. The highest BCUT2D eigenvalue weighted by molar-refractivity contribution is 5.81. The zero-order chi connectivity index (χ0) is 13.8. The van der Waals surface area contributed by atoms with Crippen molar-refractivity contribution in [2.75, 3.05) is 13.1 Å². The molecule has 0 bridgehead atoms. The fourth-order valence-electron chi connectivity index (χ4n) is 2.41. The number of amides is 1. The van der Waals surface area contributed by atoms with Crippen molar-refractivity contribution < 1.29 is 9.53 Å². The van der Waals surface area contributed by atoms with Crippen LogP contribution in [0.5, 0.6) is 5.75 Å². The van der Waals surface area contributed by atoms with Gasteiger partial charge >= 0.3 is 0 Å². The minimum absolute atomic E-state index is 0.109. The fraction of sp³-hybridized carbons (Fsp3) is 0.562. The van der Waals surface area contributed by atoms with Gasteiger partial charge in [0.15, 0.2) is 6.10 Å². The number of carbonyl (C=O) groups is 1. The van der Waals surface area contributed by atoms with E-state index in [2.05, 4.69) is 13.8 Å². The summed E-state index contributed by atoms with van der Waals surface area (Å²) in [6, 6.07) is 5.96. The van der Waals surface area contributed by atoms with Crippen LogP contribution >= 0.6 is 0 Å². The normalized spacial score (nSPS) is 17.1. The van der Waals surface area contributed by atoms with Crippen LogP contribution in [0, 0.1) is 13.8 Å². The Bertz CT molecular complexity index is 450.